The molecule has 0 saturated carbocycles. The summed E-state index contributed by atoms with van der Waals surface area (Å²) in [6, 6.07) is 20.5. The van der Waals surface area contributed by atoms with Gasteiger partial charge in [0, 0.05) is 17.3 Å². The number of nitrogens with zero attached hydrogens (tertiary/aromatic N) is 1. The number of hydrazone groups is 1. The highest BCUT2D eigenvalue weighted by atomic mass is 35.5. The third-order valence-electron chi connectivity index (χ3n) is 4.58. The fraction of sp³-hybridized carbons (Fsp3) is 0.120. The van der Waals surface area contributed by atoms with Crippen LogP contribution in [0.2, 0.25) is 5.02 Å². The second kappa shape index (κ2) is 12.8. The van der Waals surface area contributed by atoms with Crippen LogP contribution in [-0.2, 0) is 20.9 Å². The minimum Gasteiger partial charge on any atom is -0.497 e. The molecule has 3 rings (SSSR count). The highest BCUT2D eigenvalue weighted by Crippen LogP contribution is 2.14. The van der Waals surface area contributed by atoms with Gasteiger partial charge in [-0.25, -0.2) is 5.43 Å². The van der Waals surface area contributed by atoms with Crippen molar-refractivity contribution in [1.29, 1.82) is 0 Å². The molecule has 0 fully saturated rings. The number of carbonyl (C=O) groups is 3. The van der Waals surface area contributed by atoms with Crippen LogP contribution in [0, 0.1) is 0 Å². The maximum absolute atomic E-state index is 12.0. The monoisotopic (exact) mass is 494 g/mol. The van der Waals surface area contributed by atoms with Gasteiger partial charge in [0.05, 0.1) is 13.3 Å². The molecule has 0 aromatic heterocycles. The third kappa shape index (κ3) is 8.49. The molecule has 0 aliphatic rings. The van der Waals surface area contributed by atoms with Crippen LogP contribution in [0.25, 0.3) is 0 Å². The van der Waals surface area contributed by atoms with E-state index in [4.69, 9.17) is 21.1 Å². The van der Waals surface area contributed by atoms with E-state index in [1.54, 1.807) is 79.9 Å². The Labute approximate surface area is 207 Å². The summed E-state index contributed by atoms with van der Waals surface area (Å²) in [5.41, 5.74) is 4.26. The number of methoxy groups -OCH3 is 1. The Kier molecular flexibility index (Phi) is 9.21. The number of ether oxygens (including phenoxy) is 2. The molecule has 0 unspecified atom stereocenters. The van der Waals surface area contributed by atoms with Gasteiger partial charge in [0.1, 0.15) is 11.5 Å². The van der Waals surface area contributed by atoms with Crippen molar-refractivity contribution >= 4 is 41.2 Å². The van der Waals surface area contributed by atoms with Crippen molar-refractivity contribution in [2.24, 2.45) is 5.10 Å². The number of nitrogens with one attached hydrogen (secondary N) is 3. The van der Waals surface area contributed by atoms with Crippen LogP contribution in [0.3, 0.4) is 0 Å². The number of rotatable bonds is 9. The van der Waals surface area contributed by atoms with Gasteiger partial charge in [0.2, 0.25) is 0 Å². The lowest BCUT2D eigenvalue weighted by Crippen LogP contribution is -2.37. The molecule has 0 heterocycles. The van der Waals surface area contributed by atoms with E-state index in [-0.39, 0.29) is 19.1 Å². The molecule has 3 amide bonds. The fourth-order valence-electron chi connectivity index (χ4n) is 2.75. The molecule has 0 bridgehead atoms. The summed E-state index contributed by atoms with van der Waals surface area (Å²) in [5.74, 6) is -0.826. The lowest BCUT2D eigenvalue weighted by molar-refractivity contribution is -0.139. The first kappa shape index (κ1) is 25.3. The highest BCUT2D eigenvalue weighted by molar-refractivity contribution is 6.35. The summed E-state index contributed by atoms with van der Waals surface area (Å²) in [5, 5.41) is 9.57. The van der Waals surface area contributed by atoms with Crippen LogP contribution in [0.1, 0.15) is 11.1 Å². The summed E-state index contributed by atoms with van der Waals surface area (Å²) in [7, 11) is 1.56. The van der Waals surface area contributed by atoms with Crippen LogP contribution in [-0.4, -0.2) is 37.7 Å². The molecule has 0 aliphatic carbocycles. The molecule has 3 N–H and O–H groups in total. The average molecular weight is 495 g/mol. The number of anilines is 1. The van der Waals surface area contributed by atoms with Crippen LogP contribution in [0.15, 0.2) is 77.9 Å². The SMILES string of the molecule is COc1ccc(CNC(=O)C(=O)N/N=C\c2ccc(OCC(=O)Nc3ccc(Cl)cc3)cc2)cc1. The van der Waals surface area contributed by atoms with Crippen LogP contribution < -0.4 is 25.5 Å². The van der Waals surface area contributed by atoms with Gasteiger partial charge in [-0.2, -0.15) is 5.10 Å². The van der Waals surface area contributed by atoms with Gasteiger partial charge in [-0.3, -0.25) is 14.4 Å². The zero-order valence-electron chi connectivity index (χ0n) is 18.8. The highest BCUT2D eigenvalue weighted by Gasteiger charge is 2.12. The zero-order chi connectivity index (χ0) is 25.0. The quantitative estimate of drug-likeness (QED) is 0.240. The molecular formula is C25H23ClN4O5. The minimum absolute atomic E-state index is 0.169. The predicted molar refractivity (Wildman–Crippen MR) is 133 cm³/mol. The maximum atomic E-state index is 12.0. The molecule has 9 nitrogen and oxygen atoms in total. The second-order valence-electron chi connectivity index (χ2n) is 7.14. The Bertz CT molecular complexity index is 1180. The lowest BCUT2D eigenvalue weighted by atomic mass is 10.2. The number of carbonyl (C=O) groups excluding carboxylic acids is 3. The molecule has 0 spiro atoms. The van der Waals surface area contributed by atoms with Crippen molar-refractivity contribution in [3.8, 4) is 11.5 Å². The fourth-order valence-corrected chi connectivity index (χ4v) is 2.88. The van der Waals surface area contributed by atoms with Gasteiger partial charge in [0.15, 0.2) is 6.61 Å². The molecule has 0 radical (unpaired) electrons. The van der Waals surface area contributed by atoms with E-state index in [1.807, 2.05) is 0 Å². The third-order valence-corrected chi connectivity index (χ3v) is 4.83. The lowest BCUT2D eigenvalue weighted by Gasteiger charge is -2.08. The summed E-state index contributed by atoms with van der Waals surface area (Å²) < 4.78 is 10.5. The maximum Gasteiger partial charge on any atom is 0.329 e. The van der Waals surface area contributed by atoms with Gasteiger partial charge >= 0.3 is 11.8 Å². The molecule has 0 saturated heterocycles. The Balaban J connectivity index is 1.38. The van der Waals surface area contributed by atoms with Gasteiger partial charge in [-0.05, 0) is 71.8 Å². The van der Waals surface area contributed by atoms with Crippen molar-refractivity contribution < 1.29 is 23.9 Å². The van der Waals surface area contributed by atoms with Gasteiger partial charge in [-0.15, -0.1) is 0 Å². The Morgan fingerprint density at radius 1 is 0.886 bits per heavy atom. The number of benzene rings is 3. The van der Waals surface area contributed by atoms with Gasteiger partial charge in [0.25, 0.3) is 5.91 Å². The van der Waals surface area contributed by atoms with E-state index in [1.165, 1.54) is 6.21 Å². The van der Waals surface area contributed by atoms with E-state index in [0.29, 0.717) is 27.8 Å². The van der Waals surface area contributed by atoms with Gasteiger partial charge < -0.3 is 20.1 Å². The van der Waals surface area contributed by atoms with Crippen LogP contribution >= 0.6 is 11.6 Å². The molecule has 0 aliphatic heterocycles. The van der Waals surface area contributed by atoms with Crippen molar-refractivity contribution in [3.63, 3.8) is 0 Å². The van der Waals surface area contributed by atoms with Crippen molar-refractivity contribution in [2.45, 2.75) is 6.54 Å². The molecule has 10 heteroatoms. The van der Waals surface area contributed by atoms with E-state index in [9.17, 15) is 14.4 Å². The van der Waals surface area contributed by atoms with Crippen molar-refractivity contribution in [2.75, 3.05) is 19.0 Å². The number of hydrogen-bond donors (Lipinski definition) is 3. The first-order valence-corrected chi connectivity index (χ1v) is 10.8. The Morgan fingerprint density at radius 3 is 2.20 bits per heavy atom. The molecule has 3 aromatic rings. The first-order valence-electron chi connectivity index (χ1n) is 10.5. The van der Waals surface area contributed by atoms with E-state index >= 15 is 0 Å². The van der Waals surface area contributed by atoms with E-state index < -0.39 is 11.8 Å². The largest absolute Gasteiger partial charge is 0.497 e. The second-order valence-corrected chi connectivity index (χ2v) is 7.58. The summed E-state index contributed by atoms with van der Waals surface area (Å²) in [6.45, 7) is 0.0247. The molecular weight excluding hydrogens is 472 g/mol. The standard InChI is InChI=1S/C25H23ClN4O5/c1-34-21-10-2-17(3-11-21)14-27-24(32)25(33)30-28-15-18-4-12-22(13-5-18)35-16-23(31)29-20-8-6-19(26)7-9-20/h2-13,15H,14,16H2,1H3,(H,27,32)(H,29,31)(H,30,33)/b28-15-. The Morgan fingerprint density at radius 2 is 1.54 bits per heavy atom. The predicted octanol–water partition coefficient (Wildman–Crippen LogP) is 3.13. The average Bonchev–Trinajstić information content (AvgIpc) is 2.88. The smallest absolute Gasteiger partial charge is 0.329 e. The van der Waals surface area contributed by atoms with Gasteiger partial charge in [-0.1, -0.05) is 23.7 Å². The van der Waals surface area contributed by atoms with Crippen molar-refractivity contribution in [3.05, 3.63) is 88.9 Å². The number of halogens is 1. The summed E-state index contributed by atoms with van der Waals surface area (Å²) in [6.07, 6.45) is 1.38. The number of amides is 3. The zero-order valence-corrected chi connectivity index (χ0v) is 19.5. The number of hydrogen-bond acceptors (Lipinski definition) is 6. The summed E-state index contributed by atoms with van der Waals surface area (Å²) >= 11 is 5.82. The molecule has 0 atom stereocenters. The summed E-state index contributed by atoms with van der Waals surface area (Å²) in [4.78, 5) is 35.8. The molecule has 3 aromatic carbocycles. The topological polar surface area (TPSA) is 118 Å². The van der Waals surface area contributed by atoms with Crippen LogP contribution in [0.4, 0.5) is 5.69 Å². The van der Waals surface area contributed by atoms with Crippen molar-refractivity contribution in [1.82, 2.24) is 10.7 Å². The van der Waals surface area contributed by atoms with E-state index in [0.717, 1.165) is 5.56 Å². The Hall–Kier alpha value is -4.37. The van der Waals surface area contributed by atoms with E-state index in [2.05, 4.69) is 21.2 Å². The molecule has 35 heavy (non-hydrogen) atoms. The molecule has 180 valence electrons. The minimum atomic E-state index is -0.888. The normalized spacial score (nSPS) is 10.5. The first-order chi connectivity index (χ1) is 16.9. The van der Waals surface area contributed by atoms with Crippen LogP contribution in [0.5, 0.6) is 11.5 Å².